The standard InChI is InChI=1S/C20H19NO4/c1-13(19-11-16-6-3-4-9-18(16)25-19)21-20(23)12-24-17-8-5-7-15(10-17)14(2)22/h3-11,13H,12H2,1-2H3,(H,21,23). The van der Waals surface area contributed by atoms with Crippen LogP contribution in [0.4, 0.5) is 0 Å². The predicted octanol–water partition coefficient (Wildman–Crippen LogP) is 3.89. The number of benzene rings is 2. The minimum Gasteiger partial charge on any atom is -0.484 e. The second-order valence-electron chi connectivity index (χ2n) is 5.85. The largest absolute Gasteiger partial charge is 0.484 e. The highest BCUT2D eigenvalue weighted by molar-refractivity contribution is 5.94. The fourth-order valence-corrected chi connectivity index (χ4v) is 2.52. The highest BCUT2D eigenvalue weighted by atomic mass is 16.5. The second kappa shape index (κ2) is 7.21. The Morgan fingerprint density at radius 3 is 2.68 bits per heavy atom. The Hall–Kier alpha value is -3.08. The van der Waals surface area contributed by atoms with Crippen molar-refractivity contribution in [1.82, 2.24) is 5.32 Å². The number of hydrogen-bond acceptors (Lipinski definition) is 4. The number of fused-ring (bicyclic) bond motifs is 1. The first-order valence-corrected chi connectivity index (χ1v) is 8.04. The average molecular weight is 337 g/mol. The minimum absolute atomic E-state index is 0.0478. The first-order valence-electron chi connectivity index (χ1n) is 8.04. The SMILES string of the molecule is CC(=O)c1cccc(OCC(=O)NC(C)c2cc3ccccc3o2)c1. The van der Waals surface area contributed by atoms with Crippen LogP contribution in [0.5, 0.6) is 5.75 Å². The van der Waals surface area contributed by atoms with Crippen molar-refractivity contribution in [1.29, 1.82) is 0 Å². The van der Waals surface area contributed by atoms with Gasteiger partial charge in [-0.2, -0.15) is 0 Å². The molecule has 3 aromatic rings. The maximum atomic E-state index is 12.1. The lowest BCUT2D eigenvalue weighted by Gasteiger charge is -2.12. The molecule has 2 aromatic carbocycles. The summed E-state index contributed by atoms with van der Waals surface area (Å²) in [5.74, 6) is 0.863. The van der Waals surface area contributed by atoms with Crippen molar-refractivity contribution in [2.45, 2.75) is 19.9 Å². The quantitative estimate of drug-likeness (QED) is 0.693. The molecule has 0 radical (unpaired) electrons. The molecule has 1 heterocycles. The van der Waals surface area contributed by atoms with E-state index < -0.39 is 0 Å². The van der Waals surface area contributed by atoms with Gasteiger partial charge in [0.1, 0.15) is 17.1 Å². The molecule has 1 atom stereocenters. The molecule has 0 fully saturated rings. The Morgan fingerprint density at radius 2 is 1.92 bits per heavy atom. The molecule has 0 bridgehead atoms. The summed E-state index contributed by atoms with van der Waals surface area (Å²) < 4.78 is 11.2. The Balaban J connectivity index is 1.58. The van der Waals surface area contributed by atoms with Crippen LogP contribution >= 0.6 is 0 Å². The summed E-state index contributed by atoms with van der Waals surface area (Å²) in [6, 6.07) is 16.1. The maximum absolute atomic E-state index is 12.1. The van der Waals surface area contributed by atoms with Gasteiger partial charge in [-0.1, -0.05) is 30.3 Å². The number of Topliss-reactive ketones (excluding diaryl/α,β-unsaturated/α-hetero) is 1. The van der Waals surface area contributed by atoms with Gasteiger partial charge in [0, 0.05) is 10.9 Å². The summed E-state index contributed by atoms with van der Waals surface area (Å²) in [4.78, 5) is 23.5. The average Bonchev–Trinajstić information content (AvgIpc) is 3.04. The third-order valence-corrected chi connectivity index (χ3v) is 3.86. The van der Waals surface area contributed by atoms with Gasteiger partial charge in [0.05, 0.1) is 6.04 Å². The van der Waals surface area contributed by atoms with Crippen LogP contribution in [0.1, 0.15) is 36.0 Å². The van der Waals surface area contributed by atoms with Crippen molar-refractivity contribution in [2.24, 2.45) is 0 Å². The monoisotopic (exact) mass is 337 g/mol. The number of rotatable bonds is 6. The summed E-state index contributed by atoms with van der Waals surface area (Å²) >= 11 is 0. The molecule has 1 aromatic heterocycles. The highest BCUT2D eigenvalue weighted by Crippen LogP contribution is 2.23. The van der Waals surface area contributed by atoms with Crippen LogP contribution in [-0.2, 0) is 4.79 Å². The van der Waals surface area contributed by atoms with Gasteiger partial charge < -0.3 is 14.5 Å². The number of carbonyl (C=O) groups excluding carboxylic acids is 2. The van der Waals surface area contributed by atoms with Gasteiger partial charge >= 0.3 is 0 Å². The van der Waals surface area contributed by atoms with E-state index in [-0.39, 0.29) is 24.3 Å². The zero-order valence-electron chi connectivity index (χ0n) is 14.1. The Morgan fingerprint density at radius 1 is 1.12 bits per heavy atom. The molecule has 1 N–H and O–H groups in total. The van der Waals surface area contributed by atoms with E-state index in [1.165, 1.54) is 6.92 Å². The smallest absolute Gasteiger partial charge is 0.258 e. The van der Waals surface area contributed by atoms with Crippen LogP contribution < -0.4 is 10.1 Å². The zero-order valence-corrected chi connectivity index (χ0v) is 14.1. The molecule has 0 saturated heterocycles. The number of para-hydroxylation sites is 1. The Bertz CT molecular complexity index is 880. The molecule has 0 saturated carbocycles. The van der Waals surface area contributed by atoms with Crippen molar-refractivity contribution in [2.75, 3.05) is 6.61 Å². The van der Waals surface area contributed by atoms with E-state index in [4.69, 9.17) is 9.15 Å². The molecule has 0 aliphatic carbocycles. The number of ketones is 1. The zero-order chi connectivity index (χ0) is 17.8. The first-order chi connectivity index (χ1) is 12.0. The molecule has 0 aliphatic rings. The highest BCUT2D eigenvalue weighted by Gasteiger charge is 2.14. The third kappa shape index (κ3) is 4.07. The minimum atomic E-state index is -0.271. The summed E-state index contributed by atoms with van der Waals surface area (Å²) in [6.45, 7) is 3.21. The van der Waals surface area contributed by atoms with E-state index in [0.29, 0.717) is 17.1 Å². The molecule has 1 amide bonds. The topological polar surface area (TPSA) is 68.5 Å². The van der Waals surface area contributed by atoms with Crippen LogP contribution in [0.15, 0.2) is 59.0 Å². The van der Waals surface area contributed by atoms with Crippen LogP contribution in [-0.4, -0.2) is 18.3 Å². The van der Waals surface area contributed by atoms with Crippen molar-refractivity contribution < 1.29 is 18.7 Å². The fraction of sp³-hybridized carbons (Fsp3) is 0.200. The molecule has 5 nitrogen and oxygen atoms in total. The van der Waals surface area contributed by atoms with Crippen molar-refractivity contribution in [3.8, 4) is 5.75 Å². The van der Waals surface area contributed by atoms with Gasteiger partial charge in [-0.25, -0.2) is 0 Å². The molecule has 25 heavy (non-hydrogen) atoms. The second-order valence-corrected chi connectivity index (χ2v) is 5.85. The van der Waals surface area contributed by atoms with E-state index >= 15 is 0 Å². The molecule has 3 rings (SSSR count). The van der Waals surface area contributed by atoms with Crippen molar-refractivity contribution >= 4 is 22.7 Å². The van der Waals surface area contributed by atoms with Crippen molar-refractivity contribution in [3.05, 3.63) is 65.9 Å². The number of hydrogen-bond donors (Lipinski definition) is 1. The molecular weight excluding hydrogens is 318 g/mol. The van der Waals surface area contributed by atoms with Crippen LogP contribution in [0.25, 0.3) is 11.0 Å². The number of ether oxygens (including phenoxy) is 1. The maximum Gasteiger partial charge on any atom is 0.258 e. The van der Waals surface area contributed by atoms with E-state index in [0.717, 1.165) is 11.0 Å². The van der Waals surface area contributed by atoms with Crippen molar-refractivity contribution in [3.63, 3.8) is 0 Å². The summed E-state index contributed by atoms with van der Waals surface area (Å²) in [7, 11) is 0. The molecule has 5 heteroatoms. The summed E-state index contributed by atoms with van der Waals surface area (Å²) in [5.41, 5.74) is 1.34. The lowest BCUT2D eigenvalue weighted by molar-refractivity contribution is -0.123. The van der Waals surface area contributed by atoms with Gasteiger partial charge in [-0.15, -0.1) is 0 Å². The molecule has 0 spiro atoms. The first kappa shape index (κ1) is 16.8. The summed E-state index contributed by atoms with van der Waals surface area (Å²) in [6.07, 6.45) is 0. The van der Waals surface area contributed by atoms with E-state index in [1.54, 1.807) is 24.3 Å². The number of furan rings is 1. The molecule has 128 valence electrons. The predicted molar refractivity (Wildman–Crippen MR) is 94.7 cm³/mol. The Labute approximate surface area is 145 Å². The Kier molecular flexibility index (Phi) is 4.84. The number of carbonyl (C=O) groups is 2. The third-order valence-electron chi connectivity index (χ3n) is 3.86. The van der Waals surface area contributed by atoms with Gasteiger partial charge in [-0.05, 0) is 38.1 Å². The summed E-state index contributed by atoms with van der Waals surface area (Å²) in [5, 5.41) is 3.84. The van der Waals surface area contributed by atoms with E-state index in [9.17, 15) is 9.59 Å². The van der Waals surface area contributed by atoms with E-state index in [1.807, 2.05) is 37.3 Å². The lowest BCUT2D eigenvalue weighted by atomic mass is 10.1. The van der Waals surface area contributed by atoms with Crippen LogP contribution in [0.2, 0.25) is 0 Å². The number of amides is 1. The van der Waals surface area contributed by atoms with Gasteiger partial charge in [0.15, 0.2) is 12.4 Å². The normalized spacial score (nSPS) is 11.9. The van der Waals surface area contributed by atoms with Gasteiger partial charge in [0.25, 0.3) is 5.91 Å². The van der Waals surface area contributed by atoms with Crippen LogP contribution in [0, 0.1) is 0 Å². The lowest BCUT2D eigenvalue weighted by Crippen LogP contribution is -2.31. The number of nitrogens with one attached hydrogen (secondary N) is 1. The van der Waals surface area contributed by atoms with Gasteiger partial charge in [0.2, 0.25) is 0 Å². The fourth-order valence-electron chi connectivity index (χ4n) is 2.52. The van der Waals surface area contributed by atoms with Gasteiger partial charge in [-0.3, -0.25) is 9.59 Å². The van der Waals surface area contributed by atoms with Crippen LogP contribution in [0.3, 0.4) is 0 Å². The molecular formula is C20H19NO4. The molecule has 1 unspecified atom stereocenters. The molecule has 0 aliphatic heterocycles. The van der Waals surface area contributed by atoms with E-state index in [2.05, 4.69) is 5.32 Å².